The van der Waals surface area contributed by atoms with Crippen LogP contribution in [0.15, 0.2) is 72.8 Å². The predicted octanol–water partition coefficient (Wildman–Crippen LogP) is 3.30. The highest BCUT2D eigenvalue weighted by Gasteiger charge is 2.50. The summed E-state index contributed by atoms with van der Waals surface area (Å²) in [6, 6.07) is 19.8. The van der Waals surface area contributed by atoms with Gasteiger partial charge in [-0.15, -0.1) is 0 Å². The standard InChI is InChI=1S/C30H30O9/c1-17-4-10-20(11-5-17)27(32)36-16-23-25(38-28(33)21-12-6-18(2)7-13-21)26(24(31)30(35)37-23)39-29(34)22-14-8-19(3)9-15-22/h4-15,23-26,30-31,35H,16H2,1-3H3/t23-,24-,25-,26-,30?/m1/s1. The van der Waals surface area contributed by atoms with Crippen LogP contribution in [0.4, 0.5) is 0 Å². The fourth-order valence-corrected chi connectivity index (χ4v) is 4.01. The summed E-state index contributed by atoms with van der Waals surface area (Å²) in [5.41, 5.74) is 3.50. The fourth-order valence-electron chi connectivity index (χ4n) is 4.01. The second-order valence-electron chi connectivity index (χ2n) is 9.49. The van der Waals surface area contributed by atoms with Gasteiger partial charge in [0.05, 0.1) is 16.7 Å². The van der Waals surface area contributed by atoms with Crippen molar-refractivity contribution in [3.05, 3.63) is 106 Å². The molecule has 1 saturated heterocycles. The van der Waals surface area contributed by atoms with E-state index in [1.165, 1.54) is 0 Å². The first-order valence-corrected chi connectivity index (χ1v) is 12.4. The topological polar surface area (TPSA) is 129 Å². The van der Waals surface area contributed by atoms with Crippen LogP contribution >= 0.6 is 0 Å². The van der Waals surface area contributed by atoms with E-state index in [1.807, 2.05) is 20.8 Å². The molecule has 9 nitrogen and oxygen atoms in total. The van der Waals surface area contributed by atoms with Crippen LogP contribution in [-0.4, -0.2) is 65.4 Å². The van der Waals surface area contributed by atoms with Crippen molar-refractivity contribution in [1.82, 2.24) is 0 Å². The van der Waals surface area contributed by atoms with E-state index in [1.54, 1.807) is 72.8 Å². The largest absolute Gasteiger partial charge is 0.459 e. The average molecular weight is 535 g/mol. The van der Waals surface area contributed by atoms with E-state index in [2.05, 4.69) is 0 Å². The SMILES string of the molecule is Cc1ccc(C(=O)OC[C@H]2OC(O)[C@H](O)[C@@H](OC(=O)c3ccc(C)cc3)[C@@H]2OC(=O)c2ccc(C)cc2)cc1. The van der Waals surface area contributed by atoms with Crippen molar-refractivity contribution in [2.75, 3.05) is 6.61 Å². The van der Waals surface area contributed by atoms with Crippen LogP contribution in [0.25, 0.3) is 0 Å². The van der Waals surface area contributed by atoms with Crippen LogP contribution in [-0.2, 0) is 18.9 Å². The van der Waals surface area contributed by atoms with Gasteiger partial charge in [0.2, 0.25) is 0 Å². The van der Waals surface area contributed by atoms with Gasteiger partial charge in [0.15, 0.2) is 18.5 Å². The second-order valence-corrected chi connectivity index (χ2v) is 9.49. The number of hydrogen-bond donors (Lipinski definition) is 2. The molecule has 9 heteroatoms. The van der Waals surface area contributed by atoms with Crippen molar-refractivity contribution >= 4 is 17.9 Å². The Morgan fingerprint density at radius 1 is 0.641 bits per heavy atom. The Morgan fingerprint density at radius 3 is 1.46 bits per heavy atom. The third-order valence-corrected chi connectivity index (χ3v) is 6.36. The molecule has 1 heterocycles. The molecule has 1 fully saturated rings. The summed E-state index contributed by atoms with van der Waals surface area (Å²) in [4.78, 5) is 38.6. The maximum atomic E-state index is 13.0. The Morgan fingerprint density at radius 2 is 1.03 bits per heavy atom. The molecule has 39 heavy (non-hydrogen) atoms. The third-order valence-electron chi connectivity index (χ3n) is 6.36. The van der Waals surface area contributed by atoms with Crippen molar-refractivity contribution in [3.63, 3.8) is 0 Å². The first kappa shape index (κ1) is 28.0. The highest BCUT2D eigenvalue weighted by molar-refractivity contribution is 5.91. The number of esters is 3. The summed E-state index contributed by atoms with van der Waals surface area (Å²) in [6.07, 6.45) is -7.77. The van der Waals surface area contributed by atoms with Crippen molar-refractivity contribution in [1.29, 1.82) is 0 Å². The molecule has 3 aromatic rings. The molecule has 4 rings (SSSR count). The molecule has 204 valence electrons. The molecular formula is C30H30O9. The maximum Gasteiger partial charge on any atom is 0.338 e. The monoisotopic (exact) mass is 534 g/mol. The van der Waals surface area contributed by atoms with Crippen molar-refractivity contribution in [2.45, 2.75) is 51.5 Å². The minimum Gasteiger partial charge on any atom is -0.459 e. The molecular weight excluding hydrogens is 504 g/mol. The van der Waals surface area contributed by atoms with Gasteiger partial charge >= 0.3 is 17.9 Å². The number of aliphatic hydroxyl groups is 2. The molecule has 0 spiro atoms. The van der Waals surface area contributed by atoms with Crippen LogP contribution in [0.3, 0.4) is 0 Å². The quantitative estimate of drug-likeness (QED) is 0.347. The smallest absolute Gasteiger partial charge is 0.338 e. The lowest BCUT2D eigenvalue weighted by molar-refractivity contribution is -0.285. The average Bonchev–Trinajstić information content (AvgIpc) is 2.92. The summed E-state index contributed by atoms with van der Waals surface area (Å²) in [7, 11) is 0. The van der Waals surface area contributed by atoms with Gasteiger partial charge in [0, 0.05) is 0 Å². The molecule has 0 bridgehead atoms. The van der Waals surface area contributed by atoms with Gasteiger partial charge in [-0.25, -0.2) is 14.4 Å². The molecule has 2 N–H and O–H groups in total. The molecule has 3 aromatic carbocycles. The number of ether oxygens (including phenoxy) is 4. The minimum atomic E-state index is -1.81. The summed E-state index contributed by atoms with van der Waals surface area (Å²) in [5, 5.41) is 21.1. The summed E-state index contributed by atoms with van der Waals surface area (Å²) in [5.74, 6) is -2.26. The Kier molecular flexibility index (Phi) is 8.75. The zero-order valence-corrected chi connectivity index (χ0v) is 21.8. The molecule has 0 aliphatic carbocycles. The number of aryl methyl sites for hydroxylation is 3. The highest BCUT2D eigenvalue weighted by atomic mass is 16.7. The van der Waals surface area contributed by atoms with E-state index in [9.17, 15) is 24.6 Å². The minimum absolute atomic E-state index is 0.194. The zero-order valence-electron chi connectivity index (χ0n) is 21.8. The van der Waals surface area contributed by atoms with E-state index in [-0.39, 0.29) is 16.7 Å². The molecule has 0 saturated carbocycles. The van der Waals surface area contributed by atoms with E-state index < -0.39 is 55.2 Å². The van der Waals surface area contributed by atoms with Crippen LogP contribution in [0.2, 0.25) is 0 Å². The predicted molar refractivity (Wildman–Crippen MR) is 139 cm³/mol. The van der Waals surface area contributed by atoms with Gasteiger partial charge in [0.1, 0.15) is 18.8 Å². The molecule has 1 unspecified atom stereocenters. The Balaban J connectivity index is 1.58. The first-order chi connectivity index (χ1) is 18.6. The Bertz CT molecular complexity index is 1300. The molecule has 0 amide bonds. The van der Waals surface area contributed by atoms with E-state index in [0.29, 0.717) is 0 Å². The number of aliphatic hydroxyl groups excluding tert-OH is 2. The fraction of sp³-hybridized carbons (Fsp3) is 0.300. The highest BCUT2D eigenvalue weighted by Crippen LogP contribution is 2.28. The van der Waals surface area contributed by atoms with Gasteiger partial charge < -0.3 is 29.2 Å². The van der Waals surface area contributed by atoms with Crippen molar-refractivity contribution in [3.8, 4) is 0 Å². The summed E-state index contributed by atoms with van der Waals surface area (Å²) < 4.78 is 22.1. The molecule has 1 aliphatic rings. The van der Waals surface area contributed by atoms with E-state index in [4.69, 9.17) is 18.9 Å². The number of carbonyl (C=O) groups excluding carboxylic acids is 3. The van der Waals surface area contributed by atoms with Gasteiger partial charge in [-0.3, -0.25) is 0 Å². The van der Waals surface area contributed by atoms with Crippen LogP contribution in [0.1, 0.15) is 47.8 Å². The molecule has 0 aromatic heterocycles. The van der Waals surface area contributed by atoms with Gasteiger partial charge in [-0.05, 0) is 57.2 Å². The Labute approximate surface area is 225 Å². The zero-order chi connectivity index (χ0) is 28.1. The van der Waals surface area contributed by atoms with Crippen LogP contribution in [0, 0.1) is 20.8 Å². The van der Waals surface area contributed by atoms with Gasteiger partial charge in [-0.2, -0.15) is 0 Å². The number of rotatable bonds is 7. The molecule has 0 radical (unpaired) electrons. The van der Waals surface area contributed by atoms with Crippen molar-refractivity contribution in [2.24, 2.45) is 0 Å². The third kappa shape index (κ3) is 6.88. The normalized spacial score (nSPS) is 22.5. The number of benzene rings is 3. The van der Waals surface area contributed by atoms with Crippen molar-refractivity contribution < 1.29 is 43.5 Å². The van der Waals surface area contributed by atoms with E-state index >= 15 is 0 Å². The lowest BCUT2D eigenvalue weighted by Gasteiger charge is -2.41. The lowest BCUT2D eigenvalue weighted by Crippen LogP contribution is -2.61. The summed E-state index contributed by atoms with van der Waals surface area (Å²) >= 11 is 0. The van der Waals surface area contributed by atoms with Gasteiger partial charge in [-0.1, -0.05) is 53.1 Å². The summed E-state index contributed by atoms with van der Waals surface area (Å²) in [6.45, 7) is 5.14. The molecule has 1 aliphatic heterocycles. The van der Waals surface area contributed by atoms with E-state index in [0.717, 1.165) is 16.7 Å². The van der Waals surface area contributed by atoms with Crippen LogP contribution in [0.5, 0.6) is 0 Å². The van der Waals surface area contributed by atoms with Gasteiger partial charge in [0.25, 0.3) is 0 Å². The van der Waals surface area contributed by atoms with Crippen LogP contribution < -0.4 is 0 Å². The second kappa shape index (κ2) is 12.2. The first-order valence-electron chi connectivity index (χ1n) is 12.4. The number of carbonyl (C=O) groups is 3. The maximum absolute atomic E-state index is 13.0. The Hall–Kier alpha value is -4.05. The number of hydrogen-bond acceptors (Lipinski definition) is 9. The lowest BCUT2D eigenvalue weighted by atomic mass is 9.98. The molecule has 5 atom stereocenters.